The van der Waals surface area contributed by atoms with Gasteiger partial charge in [-0.3, -0.25) is 9.69 Å². The largest absolute Gasteiger partial charge is 0.492 e. The minimum Gasteiger partial charge on any atom is -0.492 e. The molecule has 1 fully saturated rings. The monoisotopic (exact) mass is 263 g/mol. The van der Waals surface area contributed by atoms with Crippen molar-refractivity contribution >= 4 is 5.97 Å². The molecule has 19 heavy (non-hydrogen) atoms. The van der Waals surface area contributed by atoms with Gasteiger partial charge >= 0.3 is 5.97 Å². The van der Waals surface area contributed by atoms with Crippen LogP contribution in [0, 0.1) is 19.8 Å². The number of carboxylic acid groups (broad SMARTS) is 1. The Morgan fingerprint density at radius 3 is 2.84 bits per heavy atom. The summed E-state index contributed by atoms with van der Waals surface area (Å²) >= 11 is 0. The van der Waals surface area contributed by atoms with Crippen LogP contribution in [0.3, 0.4) is 0 Å². The van der Waals surface area contributed by atoms with E-state index in [0.717, 1.165) is 30.9 Å². The van der Waals surface area contributed by atoms with Crippen LogP contribution in [0.2, 0.25) is 0 Å². The zero-order chi connectivity index (χ0) is 13.8. The van der Waals surface area contributed by atoms with Gasteiger partial charge in [-0.05, 0) is 37.0 Å². The summed E-state index contributed by atoms with van der Waals surface area (Å²) < 4.78 is 5.78. The molecule has 0 saturated carbocycles. The third-order valence-electron chi connectivity index (χ3n) is 3.50. The Balaban J connectivity index is 1.68. The van der Waals surface area contributed by atoms with Crippen molar-refractivity contribution in [3.8, 4) is 5.75 Å². The van der Waals surface area contributed by atoms with Gasteiger partial charge < -0.3 is 9.84 Å². The van der Waals surface area contributed by atoms with Crippen LogP contribution < -0.4 is 4.74 Å². The van der Waals surface area contributed by atoms with Crippen LogP contribution in [0.5, 0.6) is 5.75 Å². The average Bonchev–Trinajstić information content (AvgIpc) is 2.29. The molecule has 1 heterocycles. The number of hydrogen-bond donors (Lipinski definition) is 1. The normalized spacial score (nSPS) is 16.1. The molecule has 0 radical (unpaired) electrons. The van der Waals surface area contributed by atoms with Gasteiger partial charge in [0.1, 0.15) is 12.4 Å². The number of carboxylic acids is 1. The molecule has 0 aliphatic carbocycles. The summed E-state index contributed by atoms with van der Waals surface area (Å²) in [5, 5.41) is 8.67. The van der Waals surface area contributed by atoms with E-state index in [9.17, 15) is 4.79 Å². The quantitative estimate of drug-likeness (QED) is 0.854. The molecule has 104 valence electrons. The summed E-state index contributed by atoms with van der Waals surface area (Å²) in [6.07, 6.45) is 0.286. The lowest BCUT2D eigenvalue weighted by Crippen LogP contribution is -2.48. The van der Waals surface area contributed by atoms with Gasteiger partial charge in [0.05, 0.1) is 6.42 Å². The molecular formula is C15H21NO3. The first-order valence-electron chi connectivity index (χ1n) is 6.69. The summed E-state index contributed by atoms with van der Waals surface area (Å²) in [6, 6.07) is 6.20. The zero-order valence-corrected chi connectivity index (χ0v) is 11.6. The first-order valence-corrected chi connectivity index (χ1v) is 6.69. The second-order valence-corrected chi connectivity index (χ2v) is 5.34. The molecule has 4 heteroatoms. The lowest BCUT2D eigenvalue weighted by molar-refractivity contribution is -0.139. The molecule has 0 atom stereocenters. The number of nitrogens with zero attached hydrogens (tertiary/aromatic N) is 1. The highest BCUT2D eigenvalue weighted by Crippen LogP contribution is 2.21. The van der Waals surface area contributed by atoms with Crippen LogP contribution in [0.25, 0.3) is 0 Å². The van der Waals surface area contributed by atoms with Gasteiger partial charge in [-0.1, -0.05) is 12.1 Å². The van der Waals surface area contributed by atoms with Crippen LogP contribution in [-0.2, 0) is 4.79 Å². The smallest absolute Gasteiger partial charge is 0.303 e. The van der Waals surface area contributed by atoms with E-state index in [1.807, 2.05) is 6.92 Å². The Morgan fingerprint density at radius 1 is 1.42 bits per heavy atom. The van der Waals surface area contributed by atoms with Crippen LogP contribution in [0.15, 0.2) is 18.2 Å². The third-order valence-corrected chi connectivity index (χ3v) is 3.50. The standard InChI is InChI=1S/C15H21NO3/c1-11-3-4-12(2)14(7-11)19-6-5-16-9-13(10-16)8-15(17)18/h3-4,7,13H,5-6,8-10H2,1-2H3,(H,17,18). The van der Waals surface area contributed by atoms with Crippen molar-refractivity contribution in [2.75, 3.05) is 26.2 Å². The SMILES string of the molecule is Cc1ccc(C)c(OCCN2CC(CC(=O)O)C2)c1. The van der Waals surface area contributed by atoms with Crippen LogP contribution in [-0.4, -0.2) is 42.2 Å². The van der Waals surface area contributed by atoms with Crippen molar-refractivity contribution in [1.29, 1.82) is 0 Å². The van der Waals surface area contributed by atoms with Crippen molar-refractivity contribution in [1.82, 2.24) is 4.90 Å². The number of aliphatic carboxylic acids is 1. The number of carbonyl (C=O) groups is 1. The van der Waals surface area contributed by atoms with Gasteiger partial charge in [-0.25, -0.2) is 0 Å². The summed E-state index contributed by atoms with van der Waals surface area (Å²) in [7, 11) is 0. The lowest BCUT2D eigenvalue weighted by atomic mass is 9.97. The summed E-state index contributed by atoms with van der Waals surface area (Å²) in [5.41, 5.74) is 2.35. The van der Waals surface area contributed by atoms with Gasteiger partial charge in [0.2, 0.25) is 0 Å². The molecule has 1 aliphatic rings. The summed E-state index contributed by atoms with van der Waals surface area (Å²) in [5.74, 6) is 0.567. The Labute approximate surface area is 114 Å². The highest BCUT2D eigenvalue weighted by atomic mass is 16.5. The molecule has 0 unspecified atom stereocenters. The van der Waals surface area contributed by atoms with E-state index >= 15 is 0 Å². The van der Waals surface area contributed by atoms with Crippen molar-refractivity contribution in [3.63, 3.8) is 0 Å². The van der Waals surface area contributed by atoms with Crippen molar-refractivity contribution in [2.45, 2.75) is 20.3 Å². The van der Waals surface area contributed by atoms with Gasteiger partial charge in [0, 0.05) is 19.6 Å². The minimum atomic E-state index is -0.698. The van der Waals surface area contributed by atoms with Gasteiger partial charge in [0.25, 0.3) is 0 Å². The minimum absolute atomic E-state index is 0.286. The fourth-order valence-corrected chi connectivity index (χ4v) is 2.38. The Hall–Kier alpha value is -1.55. The predicted molar refractivity (Wildman–Crippen MR) is 73.6 cm³/mol. The number of ether oxygens (including phenoxy) is 1. The molecule has 4 nitrogen and oxygen atoms in total. The zero-order valence-electron chi connectivity index (χ0n) is 11.6. The maximum atomic E-state index is 10.5. The van der Waals surface area contributed by atoms with Crippen molar-refractivity contribution < 1.29 is 14.6 Å². The van der Waals surface area contributed by atoms with E-state index in [4.69, 9.17) is 9.84 Å². The van der Waals surface area contributed by atoms with Crippen LogP contribution in [0.1, 0.15) is 17.5 Å². The molecule has 1 aliphatic heterocycles. The number of benzene rings is 1. The fraction of sp³-hybridized carbons (Fsp3) is 0.533. The number of likely N-dealkylation sites (tertiary alicyclic amines) is 1. The van der Waals surface area contributed by atoms with Gasteiger partial charge in [-0.2, -0.15) is 0 Å². The van der Waals surface area contributed by atoms with E-state index in [0.29, 0.717) is 12.5 Å². The van der Waals surface area contributed by atoms with Gasteiger partial charge in [-0.15, -0.1) is 0 Å². The van der Waals surface area contributed by atoms with E-state index in [1.54, 1.807) is 0 Å². The van der Waals surface area contributed by atoms with E-state index in [2.05, 4.69) is 30.0 Å². The molecule has 1 aromatic rings. The number of rotatable bonds is 6. The first-order chi connectivity index (χ1) is 9.04. The number of aryl methyl sites for hydroxylation is 2. The average molecular weight is 263 g/mol. The van der Waals surface area contributed by atoms with Crippen LogP contribution in [0.4, 0.5) is 0 Å². The molecule has 2 rings (SSSR count). The molecule has 0 aromatic heterocycles. The van der Waals surface area contributed by atoms with E-state index in [-0.39, 0.29) is 6.42 Å². The Bertz CT molecular complexity index is 453. The maximum Gasteiger partial charge on any atom is 0.303 e. The van der Waals surface area contributed by atoms with E-state index < -0.39 is 5.97 Å². The first kappa shape index (κ1) is 13.9. The molecule has 1 N–H and O–H groups in total. The van der Waals surface area contributed by atoms with Crippen molar-refractivity contribution in [2.24, 2.45) is 5.92 Å². The highest BCUT2D eigenvalue weighted by molar-refractivity contribution is 5.67. The molecule has 0 amide bonds. The fourth-order valence-electron chi connectivity index (χ4n) is 2.38. The van der Waals surface area contributed by atoms with Gasteiger partial charge in [0.15, 0.2) is 0 Å². The Kier molecular flexibility index (Phi) is 4.43. The second-order valence-electron chi connectivity index (χ2n) is 5.34. The number of hydrogen-bond acceptors (Lipinski definition) is 3. The summed E-state index contributed by atoms with van der Waals surface area (Å²) in [6.45, 7) is 7.37. The third kappa shape index (κ3) is 3.96. The van der Waals surface area contributed by atoms with E-state index in [1.165, 1.54) is 5.56 Å². The molecule has 0 spiro atoms. The molecule has 1 aromatic carbocycles. The summed E-state index contributed by atoms with van der Waals surface area (Å²) in [4.78, 5) is 12.8. The highest BCUT2D eigenvalue weighted by Gasteiger charge is 2.27. The Morgan fingerprint density at radius 2 is 2.16 bits per heavy atom. The molecule has 0 bridgehead atoms. The van der Waals surface area contributed by atoms with Crippen molar-refractivity contribution in [3.05, 3.63) is 29.3 Å². The lowest BCUT2D eigenvalue weighted by Gasteiger charge is -2.38. The second kappa shape index (κ2) is 6.06. The maximum absolute atomic E-state index is 10.5. The topological polar surface area (TPSA) is 49.8 Å². The predicted octanol–water partition coefficient (Wildman–Crippen LogP) is 2.09. The molecular weight excluding hydrogens is 242 g/mol. The van der Waals surface area contributed by atoms with Crippen LogP contribution >= 0.6 is 0 Å². The molecule has 1 saturated heterocycles.